The van der Waals surface area contributed by atoms with Crippen LogP contribution < -0.4 is 5.73 Å². The summed E-state index contributed by atoms with van der Waals surface area (Å²) >= 11 is 6.36. The molecule has 110 valence electrons. The Kier molecular flexibility index (Phi) is 4.04. The van der Waals surface area contributed by atoms with Gasteiger partial charge in [0, 0.05) is 30.1 Å². The fraction of sp³-hybridized carbons (Fsp3) is 0.625. The summed E-state index contributed by atoms with van der Waals surface area (Å²) in [5.41, 5.74) is 7.35. The SMILES string of the molecule is CC(N)C(c1ccccc1Cl)N1CC2CCC(O)C2C1. The van der Waals surface area contributed by atoms with Gasteiger partial charge >= 0.3 is 0 Å². The lowest BCUT2D eigenvalue weighted by molar-refractivity contribution is 0.115. The highest BCUT2D eigenvalue weighted by atomic mass is 35.5. The summed E-state index contributed by atoms with van der Waals surface area (Å²) in [6.45, 7) is 4.00. The summed E-state index contributed by atoms with van der Waals surface area (Å²) < 4.78 is 0. The van der Waals surface area contributed by atoms with Crippen LogP contribution >= 0.6 is 11.6 Å². The minimum absolute atomic E-state index is 0.0193. The maximum atomic E-state index is 10.1. The van der Waals surface area contributed by atoms with Crippen molar-refractivity contribution in [3.05, 3.63) is 34.9 Å². The molecule has 1 aliphatic heterocycles. The van der Waals surface area contributed by atoms with Crippen LogP contribution in [0.4, 0.5) is 0 Å². The number of halogens is 1. The second kappa shape index (κ2) is 5.64. The molecule has 0 aromatic heterocycles. The fourth-order valence-corrected chi connectivity index (χ4v) is 4.27. The number of fused-ring (bicyclic) bond motifs is 1. The van der Waals surface area contributed by atoms with E-state index >= 15 is 0 Å². The van der Waals surface area contributed by atoms with Crippen molar-refractivity contribution in [1.29, 1.82) is 0 Å². The van der Waals surface area contributed by atoms with Gasteiger partial charge in [-0.25, -0.2) is 0 Å². The summed E-state index contributed by atoms with van der Waals surface area (Å²) in [6.07, 6.45) is 1.96. The number of aliphatic hydroxyl groups is 1. The topological polar surface area (TPSA) is 49.5 Å². The normalized spacial score (nSPS) is 33.1. The highest BCUT2D eigenvalue weighted by molar-refractivity contribution is 6.31. The van der Waals surface area contributed by atoms with E-state index in [2.05, 4.69) is 11.0 Å². The predicted octanol–water partition coefficient (Wildman–Crippen LogP) is 2.43. The third-order valence-electron chi connectivity index (χ3n) is 4.96. The zero-order valence-corrected chi connectivity index (χ0v) is 12.6. The molecule has 1 aromatic carbocycles. The van der Waals surface area contributed by atoms with Gasteiger partial charge in [-0.3, -0.25) is 4.90 Å². The zero-order chi connectivity index (χ0) is 14.3. The minimum Gasteiger partial charge on any atom is -0.393 e. The molecule has 1 aromatic rings. The molecule has 3 nitrogen and oxygen atoms in total. The van der Waals surface area contributed by atoms with Crippen molar-refractivity contribution in [3.63, 3.8) is 0 Å². The number of likely N-dealkylation sites (tertiary alicyclic amines) is 1. The molecular weight excluding hydrogens is 272 g/mol. The molecule has 0 bridgehead atoms. The molecule has 2 fully saturated rings. The Labute approximate surface area is 125 Å². The summed E-state index contributed by atoms with van der Waals surface area (Å²) in [4.78, 5) is 2.42. The van der Waals surface area contributed by atoms with Crippen LogP contribution in [0, 0.1) is 11.8 Å². The van der Waals surface area contributed by atoms with Gasteiger partial charge in [-0.05, 0) is 37.3 Å². The number of hydrogen-bond donors (Lipinski definition) is 2. The smallest absolute Gasteiger partial charge is 0.0583 e. The molecule has 1 saturated carbocycles. The molecule has 2 aliphatic rings. The van der Waals surface area contributed by atoms with Crippen LogP contribution in [0.3, 0.4) is 0 Å². The molecule has 1 heterocycles. The number of rotatable bonds is 3. The van der Waals surface area contributed by atoms with E-state index in [1.807, 2.05) is 25.1 Å². The van der Waals surface area contributed by atoms with E-state index in [1.54, 1.807) is 0 Å². The standard InChI is InChI=1S/C16H23ClN2O/c1-10(18)16(12-4-2-3-5-14(12)17)19-8-11-6-7-15(20)13(11)9-19/h2-5,10-11,13,15-16,20H,6-9,18H2,1H3. The first-order valence-corrected chi connectivity index (χ1v) is 7.88. The minimum atomic E-state index is -0.134. The van der Waals surface area contributed by atoms with Crippen molar-refractivity contribution in [2.75, 3.05) is 13.1 Å². The number of benzene rings is 1. The lowest BCUT2D eigenvalue weighted by Gasteiger charge is -2.32. The van der Waals surface area contributed by atoms with Gasteiger partial charge in [0.2, 0.25) is 0 Å². The number of nitrogens with zero attached hydrogens (tertiary/aromatic N) is 1. The number of hydrogen-bond acceptors (Lipinski definition) is 3. The molecular formula is C16H23ClN2O. The van der Waals surface area contributed by atoms with E-state index in [9.17, 15) is 5.11 Å². The van der Waals surface area contributed by atoms with Gasteiger partial charge in [-0.2, -0.15) is 0 Å². The van der Waals surface area contributed by atoms with E-state index in [-0.39, 0.29) is 18.2 Å². The van der Waals surface area contributed by atoms with Crippen LogP contribution in [-0.4, -0.2) is 35.2 Å². The summed E-state index contributed by atoms with van der Waals surface area (Å²) in [5.74, 6) is 1.03. The average Bonchev–Trinajstić information content (AvgIpc) is 2.95. The Hall–Kier alpha value is -0.610. The lowest BCUT2D eigenvalue weighted by Crippen LogP contribution is -2.39. The van der Waals surface area contributed by atoms with Gasteiger partial charge in [-0.15, -0.1) is 0 Å². The van der Waals surface area contributed by atoms with Gasteiger partial charge in [0.05, 0.1) is 12.1 Å². The third-order valence-corrected chi connectivity index (χ3v) is 5.31. The van der Waals surface area contributed by atoms with E-state index in [1.165, 1.54) is 0 Å². The molecule has 1 aliphatic carbocycles. The van der Waals surface area contributed by atoms with Gasteiger partial charge in [0.25, 0.3) is 0 Å². The van der Waals surface area contributed by atoms with Crippen molar-refractivity contribution in [2.45, 2.75) is 38.0 Å². The van der Waals surface area contributed by atoms with Crippen LogP contribution in [0.5, 0.6) is 0 Å². The molecule has 5 unspecified atom stereocenters. The lowest BCUT2D eigenvalue weighted by atomic mass is 9.99. The fourth-order valence-electron chi connectivity index (χ4n) is 4.03. The number of nitrogens with two attached hydrogens (primary N) is 1. The zero-order valence-electron chi connectivity index (χ0n) is 11.9. The van der Waals surface area contributed by atoms with E-state index in [0.29, 0.717) is 11.8 Å². The molecule has 1 saturated heterocycles. The van der Waals surface area contributed by atoms with Crippen molar-refractivity contribution < 1.29 is 5.11 Å². The van der Waals surface area contributed by atoms with Crippen LogP contribution in [0.1, 0.15) is 31.4 Å². The Balaban J connectivity index is 1.84. The Morgan fingerprint density at radius 2 is 2.05 bits per heavy atom. The van der Waals surface area contributed by atoms with E-state index in [4.69, 9.17) is 17.3 Å². The summed E-state index contributed by atoms with van der Waals surface area (Å²) in [6, 6.07) is 8.13. The molecule has 3 rings (SSSR count). The van der Waals surface area contributed by atoms with Crippen LogP contribution in [-0.2, 0) is 0 Å². The van der Waals surface area contributed by atoms with Gasteiger partial charge < -0.3 is 10.8 Å². The second-order valence-corrected chi connectivity index (χ2v) is 6.76. The predicted molar refractivity (Wildman–Crippen MR) is 81.6 cm³/mol. The van der Waals surface area contributed by atoms with Crippen molar-refractivity contribution in [1.82, 2.24) is 4.90 Å². The van der Waals surface area contributed by atoms with Gasteiger partial charge in [0.15, 0.2) is 0 Å². The molecule has 0 radical (unpaired) electrons. The van der Waals surface area contributed by atoms with Crippen molar-refractivity contribution in [2.24, 2.45) is 17.6 Å². The number of aliphatic hydroxyl groups excluding tert-OH is 1. The first-order valence-electron chi connectivity index (χ1n) is 7.50. The Morgan fingerprint density at radius 3 is 2.70 bits per heavy atom. The molecule has 0 amide bonds. The van der Waals surface area contributed by atoms with Crippen LogP contribution in [0.15, 0.2) is 24.3 Å². The molecule has 4 heteroatoms. The average molecular weight is 295 g/mol. The maximum Gasteiger partial charge on any atom is 0.0583 e. The third kappa shape index (κ3) is 2.48. The maximum absolute atomic E-state index is 10.1. The Bertz CT molecular complexity index is 479. The molecule has 3 N–H and O–H groups in total. The van der Waals surface area contributed by atoms with Crippen LogP contribution in [0.2, 0.25) is 5.02 Å². The van der Waals surface area contributed by atoms with Crippen LogP contribution in [0.25, 0.3) is 0 Å². The van der Waals surface area contributed by atoms with Gasteiger partial charge in [0.1, 0.15) is 0 Å². The summed E-state index contributed by atoms with van der Waals surface area (Å²) in [7, 11) is 0. The second-order valence-electron chi connectivity index (χ2n) is 6.35. The quantitative estimate of drug-likeness (QED) is 0.900. The van der Waals surface area contributed by atoms with Gasteiger partial charge in [-0.1, -0.05) is 29.8 Å². The first kappa shape index (κ1) is 14.3. The Morgan fingerprint density at radius 1 is 1.30 bits per heavy atom. The molecule has 5 atom stereocenters. The van der Waals surface area contributed by atoms with E-state index in [0.717, 1.165) is 36.5 Å². The monoisotopic (exact) mass is 294 g/mol. The molecule has 20 heavy (non-hydrogen) atoms. The first-order chi connectivity index (χ1) is 9.58. The summed E-state index contributed by atoms with van der Waals surface area (Å²) in [5, 5.41) is 10.9. The highest BCUT2D eigenvalue weighted by Gasteiger charge is 2.44. The highest BCUT2D eigenvalue weighted by Crippen LogP contribution is 2.42. The largest absolute Gasteiger partial charge is 0.393 e. The van der Waals surface area contributed by atoms with E-state index < -0.39 is 0 Å². The van der Waals surface area contributed by atoms with Crippen molar-refractivity contribution in [3.8, 4) is 0 Å². The molecule has 0 spiro atoms. The van der Waals surface area contributed by atoms with Crippen molar-refractivity contribution >= 4 is 11.6 Å².